The highest BCUT2D eigenvalue weighted by atomic mass is 79.9. The summed E-state index contributed by atoms with van der Waals surface area (Å²) in [5, 5.41) is 4.18. The molecule has 1 saturated carbocycles. The summed E-state index contributed by atoms with van der Waals surface area (Å²) in [5.41, 5.74) is 10.3. The predicted molar refractivity (Wildman–Crippen MR) is 58.9 cm³/mol. The van der Waals surface area contributed by atoms with Gasteiger partial charge >= 0.3 is 0 Å². The van der Waals surface area contributed by atoms with Gasteiger partial charge in [-0.3, -0.25) is 9.48 Å². The van der Waals surface area contributed by atoms with E-state index in [0.717, 1.165) is 10.9 Å². The highest BCUT2D eigenvalue weighted by Gasteiger charge is 2.41. The molecule has 1 fully saturated rings. The molecular weight excluding hydrogens is 260 g/mol. The van der Waals surface area contributed by atoms with E-state index in [2.05, 4.69) is 21.0 Å². The van der Waals surface area contributed by atoms with Gasteiger partial charge in [0.05, 0.1) is 22.3 Å². The zero-order valence-electron chi connectivity index (χ0n) is 8.19. The van der Waals surface area contributed by atoms with Crippen LogP contribution in [0.4, 0.5) is 0 Å². The van der Waals surface area contributed by atoms with Crippen molar-refractivity contribution in [3.05, 3.63) is 16.9 Å². The number of aromatic nitrogens is 2. The van der Waals surface area contributed by atoms with Gasteiger partial charge in [0, 0.05) is 6.20 Å². The first-order chi connectivity index (χ1) is 7.01. The summed E-state index contributed by atoms with van der Waals surface area (Å²) in [6, 6.07) is 0.175. The van der Waals surface area contributed by atoms with Crippen LogP contribution in [0.15, 0.2) is 16.9 Å². The van der Waals surface area contributed by atoms with Crippen LogP contribution in [0.1, 0.15) is 25.3 Å². The van der Waals surface area contributed by atoms with E-state index in [1.54, 1.807) is 6.20 Å². The van der Waals surface area contributed by atoms with E-state index < -0.39 is 11.4 Å². The first-order valence-electron chi connectivity index (χ1n) is 4.80. The molecule has 82 valence electrons. The summed E-state index contributed by atoms with van der Waals surface area (Å²) >= 11 is 3.33. The van der Waals surface area contributed by atoms with E-state index in [9.17, 15) is 4.79 Å². The minimum atomic E-state index is -0.858. The number of nitrogens with zero attached hydrogens (tertiary/aromatic N) is 2. The normalized spacial score (nSPS) is 30.7. The van der Waals surface area contributed by atoms with Crippen LogP contribution in [0, 0.1) is 0 Å². The monoisotopic (exact) mass is 272 g/mol. The van der Waals surface area contributed by atoms with Crippen LogP contribution in [-0.4, -0.2) is 21.2 Å². The standard InChI is InChI=1S/C9H13BrN4O/c10-6-4-13-14(5-6)7-1-2-9(12,3-7)8(11)15/h4-5,7H,1-3,12H2,(H2,11,15). The van der Waals surface area contributed by atoms with Gasteiger partial charge in [-0.05, 0) is 35.2 Å². The van der Waals surface area contributed by atoms with Crippen molar-refractivity contribution in [2.75, 3.05) is 0 Å². The third-order valence-electron chi connectivity index (χ3n) is 2.96. The number of carbonyl (C=O) groups excluding carboxylic acids is 1. The van der Waals surface area contributed by atoms with Gasteiger partial charge in [0.25, 0.3) is 0 Å². The van der Waals surface area contributed by atoms with Gasteiger partial charge in [0.1, 0.15) is 0 Å². The van der Waals surface area contributed by atoms with Gasteiger partial charge in [-0.25, -0.2) is 0 Å². The number of primary amides is 1. The molecule has 0 spiro atoms. The first kappa shape index (κ1) is 10.6. The number of amides is 1. The molecule has 1 aliphatic rings. The second kappa shape index (κ2) is 3.61. The smallest absolute Gasteiger partial charge is 0.237 e. The number of halogens is 1. The molecule has 0 aromatic carbocycles. The summed E-state index contributed by atoms with van der Waals surface area (Å²) < 4.78 is 2.76. The lowest BCUT2D eigenvalue weighted by atomic mass is 9.98. The average molecular weight is 273 g/mol. The molecule has 2 unspecified atom stereocenters. The summed E-state index contributed by atoms with van der Waals surface area (Å²) in [7, 11) is 0. The number of rotatable bonds is 2. The maximum atomic E-state index is 11.2. The predicted octanol–water partition coefficient (Wildman–Crippen LogP) is 0.553. The molecule has 1 amide bonds. The quantitative estimate of drug-likeness (QED) is 0.825. The molecule has 0 radical (unpaired) electrons. The number of hydrogen-bond acceptors (Lipinski definition) is 3. The number of nitrogens with two attached hydrogens (primary N) is 2. The molecule has 4 N–H and O–H groups in total. The zero-order valence-corrected chi connectivity index (χ0v) is 9.77. The molecule has 1 heterocycles. The molecule has 0 saturated heterocycles. The Labute approximate surface area is 95.9 Å². The Kier molecular flexibility index (Phi) is 2.56. The van der Waals surface area contributed by atoms with Crippen LogP contribution in [0.25, 0.3) is 0 Å². The second-order valence-electron chi connectivity index (χ2n) is 4.06. The molecule has 0 bridgehead atoms. The molecule has 5 nitrogen and oxygen atoms in total. The van der Waals surface area contributed by atoms with E-state index in [4.69, 9.17) is 11.5 Å². The van der Waals surface area contributed by atoms with Gasteiger partial charge in [-0.1, -0.05) is 0 Å². The Morgan fingerprint density at radius 3 is 2.93 bits per heavy atom. The number of carbonyl (C=O) groups is 1. The van der Waals surface area contributed by atoms with E-state index >= 15 is 0 Å². The summed E-state index contributed by atoms with van der Waals surface area (Å²) in [6.45, 7) is 0. The van der Waals surface area contributed by atoms with Crippen LogP contribution in [0.5, 0.6) is 0 Å². The Bertz CT molecular complexity index is 391. The fraction of sp³-hybridized carbons (Fsp3) is 0.556. The van der Waals surface area contributed by atoms with Crippen molar-refractivity contribution in [3.8, 4) is 0 Å². The molecule has 6 heteroatoms. The second-order valence-corrected chi connectivity index (χ2v) is 4.97. The Morgan fingerprint density at radius 1 is 1.73 bits per heavy atom. The van der Waals surface area contributed by atoms with Crippen molar-refractivity contribution >= 4 is 21.8 Å². The van der Waals surface area contributed by atoms with Crippen molar-refractivity contribution < 1.29 is 4.79 Å². The molecular formula is C9H13BrN4O. The lowest BCUT2D eigenvalue weighted by molar-refractivity contribution is -0.123. The lowest BCUT2D eigenvalue weighted by Crippen LogP contribution is -2.49. The highest BCUT2D eigenvalue weighted by molar-refractivity contribution is 9.10. The van der Waals surface area contributed by atoms with Crippen molar-refractivity contribution in [1.82, 2.24) is 9.78 Å². The SMILES string of the molecule is NC(=O)C1(N)CCC(n2cc(Br)cn2)C1. The molecule has 15 heavy (non-hydrogen) atoms. The first-order valence-corrected chi connectivity index (χ1v) is 5.59. The van der Waals surface area contributed by atoms with E-state index in [1.165, 1.54) is 0 Å². The maximum Gasteiger partial charge on any atom is 0.237 e. The Morgan fingerprint density at radius 2 is 2.47 bits per heavy atom. The molecule has 2 rings (SSSR count). The van der Waals surface area contributed by atoms with Crippen molar-refractivity contribution in [2.24, 2.45) is 11.5 Å². The van der Waals surface area contributed by atoms with Crippen molar-refractivity contribution in [3.63, 3.8) is 0 Å². The van der Waals surface area contributed by atoms with Crippen molar-refractivity contribution in [2.45, 2.75) is 30.8 Å². The molecule has 1 aliphatic carbocycles. The maximum absolute atomic E-state index is 11.2. The molecule has 2 atom stereocenters. The van der Waals surface area contributed by atoms with Crippen LogP contribution in [0.3, 0.4) is 0 Å². The zero-order chi connectivity index (χ0) is 11.1. The van der Waals surface area contributed by atoms with Gasteiger partial charge in [-0.15, -0.1) is 0 Å². The largest absolute Gasteiger partial charge is 0.368 e. The molecule has 0 aliphatic heterocycles. The van der Waals surface area contributed by atoms with Crippen LogP contribution < -0.4 is 11.5 Å². The van der Waals surface area contributed by atoms with Crippen molar-refractivity contribution in [1.29, 1.82) is 0 Å². The Balaban J connectivity index is 2.14. The van der Waals surface area contributed by atoms with Crippen LogP contribution >= 0.6 is 15.9 Å². The summed E-state index contributed by atoms with van der Waals surface area (Å²) in [5.74, 6) is -0.420. The number of hydrogen-bond donors (Lipinski definition) is 2. The third-order valence-corrected chi connectivity index (χ3v) is 3.37. The minimum absolute atomic E-state index is 0.175. The van der Waals surface area contributed by atoms with E-state index in [0.29, 0.717) is 12.8 Å². The molecule has 1 aromatic heterocycles. The summed E-state index contributed by atoms with van der Waals surface area (Å²) in [4.78, 5) is 11.2. The van der Waals surface area contributed by atoms with Gasteiger partial charge in [0.15, 0.2) is 0 Å². The van der Waals surface area contributed by atoms with Crippen LogP contribution in [-0.2, 0) is 4.79 Å². The Hall–Kier alpha value is -0.880. The average Bonchev–Trinajstić information content (AvgIpc) is 2.73. The van der Waals surface area contributed by atoms with Gasteiger partial charge in [-0.2, -0.15) is 5.10 Å². The lowest BCUT2D eigenvalue weighted by Gasteiger charge is -2.19. The van der Waals surface area contributed by atoms with E-state index in [-0.39, 0.29) is 6.04 Å². The minimum Gasteiger partial charge on any atom is -0.368 e. The highest BCUT2D eigenvalue weighted by Crippen LogP contribution is 2.35. The van der Waals surface area contributed by atoms with E-state index in [1.807, 2.05) is 10.9 Å². The topological polar surface area (TPSA) is 86.9 Å². The van der Waals surface area contributed by atoms with Crippen LogP contribution in [0.2, 0.25) is 0 Å². The van der Waals surface area contributed by atoms with Gasteiger partial charge in [0.2, 0.25) is 5.91 Å². The van der Waals surface area contributed by atoms with Gasteiger partial charge < -0.3 is 11.5 Å². The fourth-order valence-electron chi connectivity index (χ4n) is 2.01. The third kappa shape index (κ3) is 1.91. The summed E-state index contributed by atoms with van der Waals surface area (Å²) in [6.07, 6.45) is 5.65. The fourth-order valence-corrected chi connectivity index (χ4v) is 2.31. The molecule has 1 aromatic rings.